The van der Waals surface area contributed by atoms with Crippen molar-refractivity contribution in [3.8, 4) is 0 Å². The minimum Gasteiger partial charge on any atom is -0.261 e. The molecule has 0 spiro atoms. The van der Waals surface area contributed by atoms with E-state index in [4.69, 9.17) is 0 Å². The van der Waals surface area contributed by atoms with Crippen molar-refractivity contribution in [3.05, 3.63) is 35.9 Å². The smallest absolute Gasteiger partial charge is 0.142 e. The average molecular weight is 207 g/mol. The molecule has 0 saturated heterocycles. The molecule has 0 aliphatic rings. The fourth-order valence-electron chi connectivity index (χ4n) is 1.54. The zero-order valence-corrected chi connectivity index (χ0v) is 9.46. The van der Waals surface area contributed by atoms with Crippen molar-refractivity contribution >= 4 is 5.57 Å². The van der Waals surface area contributed by atoms with E-state index in [0.29, 0.717) is 0 Å². The number of halogens is 1. The first-order chi connectivity index (χ1) is 7.27. The summed E-state index contributed by atoms with van der Waals surface area (Å²) >= 11 is 0. The summed E-state index contributed by atoms with van der Waals surface area (Å²) in [5.74, 6) is -0.258. The molecule has 1 heterocycles. The number of pyridine rings is 1. The molecule has 82 valence electrons. The van der Waals surface area contributed by atoms with Gasteiger partial charge in [0.2, 0.25) is 0 Å². The van der Waals surface area contributed by atoms with Gasteiger partial charge in [0.25, 0.3) is 0 Å². The summed E-state index contributed by atoms with van der Waals surface area (Å²) in [6, 6.07) is 1.56. The van der Waals surface area contributed by atoms with Crippen LogP contribution in [0.3, 0.4) is 0 Å². The first kappa shape index (κ1) is 11.9. The van der Waals surface area contributed by atoms with E-state index in [2.05, 4.69) is 24.9 Å². The zero-order chi connectivity index (χ0) is 11.1. The number of allylic oxidation sites excluding steroid dienone is 2. The lowest BCUT2D eigenvalue weighted by atomic mass is 10.0. The van der Waals surface area contributed by atoms with Gasteiger partial charge in [-0.15, -0.1) is 0 Å². The van der Waals surface area contributed by atoms with Crippen LogP contribution in [0.1, 0.15) is 45.1 Å². The summed E-state index contributed by atoms with van der Waals surface area (Å²) in [5.41, 5.74) is 2.14. The zero-order valence-electron chi connectivity index (χ0n) is 9.46. The first-order valence-electron chi connectivity index (χ1n) is 5.57. The van der Waals surface area contributed by atoms with Gasteiger partial charge in [-0.2, -0.15) is 0 Å². The fourth-order valence-corrected chi connectivity index (χ4v) is 1.54. The second-order valence-corrected chi connectivity index (χ2v) is 3.66. The van der Waals surface area contributed by atoms with Crippen molar-refractivity contribution in [1.82, 2.24) is 4.98 Å². The molecule has 1 rings (SSSR count). The van der Waals surface area contributed by atoms with Crippen molar-refractivity contribution in [2.24, 2.45) is 0 Å². The van der Waals surface area contributed by atoms with Gasteiger partial charge >= 0.3 is 0 Å². The van der Waals surface area contributed by atoms with Crippen LogP contribution in [0.2, 0.25) is 0 Å². The summed E-state index contributed by atoms with van der Waals surface area (Å²) < 4.78 is 13.0. The molecule has 1 nitrogen and oxygen atoms in total. The van der Waals surface area contributed by atoms with Crippen molar-refractivity contribution in [1.29, 1.82) is 0 Å². The number of hydrogen-bond acceptors (Lipinski definition) is 1. The van der Waals surface area contributed by atoms with E-state index in [1.165, 1.54) is 11.8 Å². The van der Waals surface area contributed by atoms with Gasteiger partial charge in [0.1, 0.15) is 5.82 Å². The SMILES string of the molecule is CCC/C=C(\CCC)c1cncc(F)c1. The number of nitrogens with zero attached hydrogens (tertiary/aromatic N) is 1. The van der Waals surface area contributed by atoms with Crippen LogP contribution in [-0.2, 0) is 0 Å². The maximum Gasteiger partial charge on any atom is 0.142 e. The Kier molecular flexibility index (Phi) is 5.02. The maximum absolute atomic E-state index is 13.0. The Morgan fingerprint density at radius 1 is 1.33 bits per heavy atom. The highest BCUT2D eigenvalue weighted by Gasteiger charge is 2.02. The largest absolute Gasteiger partial charge is 0.261 e. The Morgan fingerprint density at radius 3 is 2.73 bits per heavy atom. The van der Waals surface area contributed by atoms with Gasteiger partial charge in [0.15, 0.2) is 0 Å². The lowest BCUT2D eigenvalue weighted by molar-refractivity contribution is 0.620. The van der Waals surface area contributed by atoms with Crippen molar-refractivity contribution in [2.45, 2.75) is 39.5 Å². The van der Waals surface area contributed by atoms with Gasteiger partial charge in [-0.25, -0.2) is 4.39 Å². The summed E-state index contributed by atoms with van der Waals surface area (Å²) in [5, 5.41) is 0. The summed E-state index contributed by atoms with van der Waals surface area (Å²) in [6.45, 7) is 4.27. The molecule has 1 aromatic rings. The Morgan fingerprint density at radius 2 is 2.13 bits per heavy atom. The predicted octanol–water partition coefficient (Wildman–Crippen LogP) is 4.20. The molecule has 0 aliphatic carbocycles. The monoisotopic (exact) mass is 207 g/mol. The fraction of sp³-hybridized carbons (Fsp3) is 0.462. The number of aromatic nitrogens is 1. The number of rotatable bonds is 5. The average Bonchev–Trinajstić information content (AvgIpc) is 2.24. The van der Waals surface area contributed by atoms with Gasteiger partial charge in [-0.3, -0.25) is 4.98 Å². The van der Waals surface area contributed by atoms with Crippen LogP contribution in [0, 0.1) is 5.82 Å². The quantitative estimate of drug-likeness (QED) is 0.705. The standard InChI is InChI=1S/C13H18FN/c1-3-5-7-11(6-4-2)12-8-13(14)10-15-9-12/h7-10H,3-6H2,1-2H3/b11-7+. The molecule has 2 heteroatoms. The second-order valence-electron chi connectivity index (χ2n) is 3.66. The van der Waals surface area contributed by atoms with Crippen LogP contribution in [0.15, 0.2) is 24.5 Å². The third-order valence-corrected chi connectivity index (χ3v) is 2.27. The van der Waals surface area contributed by atoms with Gasteiger partial charge in [0.05, 0.1) is 6.20 Å². The Balaban J connectivity index is 2.88. The van der Waals surface area contributed by atoms with E-state index in [9.17, 15) is 4.39 Å². The second kappa shape index (κ2) is 6.33. The first-order valence-corrected chi connectivity index (χ1v) is 5.57. The van der Waals surface area contributed by atoms with Crippen LogP contribution < -0.4 is 0 Å². The molecule has 15 heavy (non-hydrogen) atoms. The minimum absolute atomic E-state index is 0.258. The van der Waals surface area contributed by atoms with Crippen LogP contribution in [0.5, 0.6) is 0 Å². The third kappa shape index (κ3) is 3.82. The van der Waals surface area contributed by atoms with Crippen molar-refractivity contribution in [3.63, 3.8) is 0 Å². The predicted molar refractivity (Wildman–Crippen MR) is 62.0 cm³/mol. The molecular weight excluding hydrogens is 189 g/mol. The van der Waals surface area contributed by atoms with E-state index in [0.717, 1.165) is 31.2 Å². The number of unbranched alkanes of at least 4 members (excludes halogenated alkanes) is 1. The molecule has 0 N–H and O–H groups in total. The topological polar surface area (TPSA) is 12.9 Å². The lowest BCUT2D eigenvalue weighted by Gasteiger charge is -2.06. The van der Waals surface area contributed by atoms with E-state index in [-0.39, 0.29) is 5.82 Å². The van der Waals surface area contributed by atoms with E-state index in [1.807, 2.05) is 0 Å². The highest BCUT2D eigenvalue weighted by atomic mass is 19.1. The van der Waals surface area contributed by atoms with Crippen LogP contribution in [0.25, 0.3) is 5.57 Å². The van der Waals surface area contributed by atoms with Crippen molar-refractivity contribution in [2.75, 3.05) is 0 Å². The molecule has 0 aromatic carbocycles. The highest BCUT2D eigenvalue weighted by molar-refractivity contribution is 5.64. The molecule has 1 aromatic heterocycles. The summed E-state index contributed by atoms with van der Waals surface area (Å²) in [4.78, 5) is 3.88. The molecule has 0 amide bonds. The van der Waals surface area contributed by atoms with Gasteiger partial charge in [-0.05, 0) is 30.0 Å². The summed E-state index contributed by atoms with van der Waals surface area (Å²) in [6.07, 6.45) is 9.41. The van der Waals surface area contributed by atoms with Crippen LogP contribution in [0.4, 0.5) is 4.39 Å². The molecule has 0 bridgehead atoms. The van der Waals surface area contributed by atoms with Gasteiger partial charge in [-0.1, -0.05) is 32.8 Å². The highest BCUT2D eigenvalue weighted by Crippen LogP contribution is 2.20. The molecule has 0 aliphatic heterocycles. The maximum atomic E-state index is 13.0. The molecule has 0 unspecified atom stereocenters. The molecular formula is C13H18FN. The van der Waals surface area contributed by atoms with Gasteiger partial charge in [0, 0.05) is 6.20 Å². The Labute approximate surface area is 91.0 Å². The Hall–Kier alpha value is -1.18. The minimum atomic E-state index is -0.258. The molecule has 0 radical (unpaired) electrons. The van der Waals surface area contributed by atoms with Crippen LogP contribution in [-0.4, -0.2) is 4.98 Å². The van der Waals surface area contributed by atoms with E-state index >= 15 is 0 Å². The van der Waals surface area contributed by atoms with E-state index < -0.39 is 0 Å². The normalized spacial score (nSPS) is 11.8. The summed E-state index contributed by atoms with van der Waals surface area (Å²) in [7, 11) is 0. The molecule has 0 fully saturated rings. The molecule has 0 atom stereocenters. The third-order valence-electron chi connectivity index (χ3n) is 2.27. The van der Waals surface area contributed by atoms with E-state index in [1.54, 1.807) is 12.3 Å². The van der Waals surface area contributed by atoms with Gasteiger partial charge < -0.3 is 0 Å². The molecule has 0 saturated carbocycles. The Bertz CT molecular complexity index is 331. The lowest BCUT2D eigenvalue weighted by Crippen LogP contribution is -1.88. The van der Waals surface area contributed by atoms with Crippen molar-refractivity contribution < 1.29 is 4.39 Å². The van der Waals surface area contributed by atoms with Crippen LogP contribution >= 0.6 is 0 Å². The number of hydrogen-bond donors (Lipinski definition) is 0.